The zero-order valence-corrected chi connectivity index (χ0v) is 28.8. The van der Waals surface area contributed by atoms with E-state index in [4.69, 9.17) is 4.42 Å². The lowest BCUT2D eigenvalue weighted by Crippen LogP contribution is -2.10. The molecular weight excluding hydrogens is 645 g/mol. The van der Waals surface area contributed by atoms with Crippen LogP contribution in [0, 0.1) is 0 Å². The van der Waals surface area contributed by atoms with E-state index in [1.165, 1.54) is 43.4 Å². The molecule has 3 nitrogen and oxygen atoms in total. The van der Waals surface area contributed by atoms with E-state index < -0.39 is 0 Å². The van der Waals surface area contributed by atoms with Crippen LogP contribution in [0.2, 0.25) is 0 Å². The SMILES string of the molecule is c1ccc(-n2c3ccccc3c3cc(N(c4ccc(-c5cccc6oc7ccccc7c56)cc4)c4ccc5ccc6ccccc6c5c4)ccc32)cc1. The molecule has 9 aromatic carbocycles. The molecule has 53 heavy (non-hydrogen) atoms. The minimum atomic E-state index is 0.903. The van der Waals surface area contributed by atoms with Gasteiger partial charge in [-0.25, -0.2) is 0 Å². The first-order valence-corrected chi connectivity index (χ1v) is 18.1. The summed E-state index contributed by atoms with van der Waals surface area (Å²) in [5.74, 6) is 0. The second-order valence-corrected chi connectivity index (χ2v) is 13.7. The van der Waals surface area contributed by atoms with Gasteiger partial charge in [0.1, 0.15) is 11.2 Å². The molecule has 0 saturated carbocycles. The van der Waals surface area contributed by atoms with Crippen LogP contribution in [0.15, 0.2) is 199 Å². The van der Waals surface area contributed by atoms with Crippen molar-refractivity contribution in [2.75, 3.05) is 4.90 Å². The Hall–Kier alpha value is -7.10. The minimum absolute atomic E-state index is 0.903. The molecule has 2 heterocycles. The van der Waals surface area contributed by atoms with Crippen LogP contribution in [0.25, 0.3) is 82.1 Å². The van der Waals surface area contributed by atoms with Gasteiger partial charge >= 0.3 is 0 Å². The summed E-state index contributed by atoms with van der Waals surface area (Å²) in [5.41, 5.74) is 11.0. The van der Waals surface area contributed by atoms with Gasteiger partial charge in [0.2, 0.25) is 0 Å². The number of nitrogens with zero attached hydrogens (tertiary/aromatic N) is 2. The first kappa shape index (κ1) is 29.6. The van der Waals surface area contributed by atoms with E-state index in [2.05, 4.69) is 191 Å². The predicted molar refractivity (Wildman–Crippen MR) is 223 cm³/mol. The van der Waals surface area contributed by atoms with Gasteiger partial charge in [0.05, 0.1) is 11.0 Å². The van der Waals surface area contributed by atoms with E-state index in [-0.39, 0.29) is 0 Å². The molecule has 0 unspecified atom stereocenters. The van der Waals surface area contributed by atoms with Crippen LogP contribution >= 0.6 is 0 Å². The summed E-state index contributed by atoms with van der Waals surface area (Å²) < 4.78 is 8.61. The fourth-order valence-electron chi connectivity index (χ4n) is 8.34. The maximum atomic E-state index is 6.24. The van der Waals surface area contributed by atoms with Crippen LogP contribution in [0.1, 0.15) is 0 Å². The third-order valence-electron chi connectivity index (χ3n) is 10.8. The lowest BCUT2D eigenvalue weighted by Gasteiger charge is -2.26. The molecule has 0 aliphatic carbocycles. The smallest absolute Gasteiger partial charge is 0.136 e. The Labute approximate surface area is 306 Å². The summed E-state index contributed by atoms with van der Waals surface area (Å²) in [6.45, 7) is 0. The topological polar surface area (TPSA) is 21.3 Å². The number of fused-ring (bicyclic) bond motifs is 9. The van der Waals surface area contributed by atoms with Crippen molar-refractivity contribution in [3.05, 3.63) is 194 Å². The second-order valence-electron chi connectivity index (χ2n) is 13.7. The highest BCUT2D eigenvalue weighted by molar-refractivity contribution is 6.13. The molecular formula is C50H32N2O. The van der Waals surface area contributed by atoms with Gasteiger partial charge < -0.3 is 13.9 Å². The van der Waals surface area contributed by atoms with Crippen LogP contribution in [0.3, 0.4) is 0 Å². The average Bonchev–Trinajstić information content (AvgIpc) is 3.77. The van der Waals surface area contributed by atoms with E-state index in [9.17, 15) is 0 Å². The summed E-state index contributed by atoms with van der Waals surface area (Å²) >= 11 is 0. The Kier molecular flexibility index (Phi) is 6.55. The number of hydrogen-bond acceptors (Lipinski definition) is 2. The summed E-state index contributed by atoms with van der Waals surface area (Å²) in [6.07, 6.45) is 0. The zero-order chi connectivity index (χ0) is 34.9. The molecule has 0 atom stereocenters. The van der Waals surface area contributed by atoms with Crippen molar-refractivity contribution in [3.8, 4) is 16.8 Å². The maximum Gasteiger partial charge on any atom is 0.136 e. The molecule has 0 amide bonds. The van der Waals surface area contributed by atoms with Crippen molar-refractivity contribution in [2.24, 2.45) is 0 Å². The van der Waals surface area contributed by atoms with Gasteiger partial charge in [-0.05, 0) is 105 Å². The first-order valence-electron chi connectivity index (χ1n) is 18.1. The first-order chi connectivity index (χ1) is 26.3. The molecule has 0 fully saturated rings. The highest BCUT2D eigenvalue weighted by Crippen LogP contribution is 2.43. The second kappa shape index (κ2) is 11.7. The quantitative estimate of drug-likeness (QED) is 0.169. The minimum Gasteiger partial charge on any atom is -0.456 e. The van der Waals surface area contributed by atoms with E-state index in [0.717, 1.165) is 55.8 Å². The maximum absolute atomic E-state index is 6.24. The number of aromatic nitrogens is 1. The third kappa shape index (κ3) is 4.68. The van der Waals surface area contributed by atoms with Gasteiger partial charge in [0, 0.05) is 44.3 Å². The predicted octanol–water partition coefficient (Wildman–Crippen LogP) is 14.1. The summed E-state index contributed by atoms with van der Waals surface area (Å²) in [6, 6.07) is 69.9. The summed E-state index contributed by atoms with van der Waals surface area (Å²) in [5, 5.41) is 9.69. The van der Waals surface area contributed by atoms with E-state index in [0.29, 0.717) is 0 Å². The van der Waals surface area contributed by atoms with Crippen molar-refractivity contribution in [1.82, 2.24) is 4.57 Å². The van der Waals surface area contributed by atoms with Gasteiger partial charge in [-0.3, -0.25) is 0 Å². The Morgan fingerprint density at radius 2 is 0.981 bits per heavy atom. The third-order valence-corrected chi connectivity index (χ3v) is 10.8. The largest absolute Gasteiger partial charge is 0.456 e. The molecule has 11 aromatic rings. The van der Waals surface area contributed by atoms with Gasteiger partial charge in [0.25, 0.3) is 0 Å². The van der Waals surface area contributed by atoms with Crippen LogP contribution in [0.5, 0.6) is 0 Å². The van der Waals surface area contributed by atoms with Gasteiger partial charge in [-0.1, -0.05) is 121 Å². The summed E-state index contributed by atoms with van der Waals surface area (Å²) in [7, 11) is 0. The number of anilines is 3. The molecule has 0 spiro atoms. The lowest BCUT2D eigenvalue weighted by atomic mass is 9.98. The molecule has 0 N–H and O–H groups in total. The van der Waals surface area contributed by atoms with Gasteiger partial charge in [0.15, 0.2) is 0 Å². The number of para-hydroxylation sites is 3. The van der Waals surface area contributed by atoms with Crippen LogP contribution < -0.4 is 4.90 Å². The van der Waals surface area contributed by atoms with Crippen LogP contribution in [-0.2, 0) is 0 Å². The Balaban J connectivity index is 1.12. The molecule has 248 valence electrons. The molecule has 0 saturated heterocycles. The van der Waals surface area contributed by atoms with E-state index in [1.54, 1.807) is 0 Å². The van der Waals surface area contributed by atoms with E-state index in [1.807, 2.05) is 12.1 Å². The monoisotopic (exact) mass is 676 g/mol. The zero-order valence-electron chi connectivity index (χ0n) is 28.8. The van der Waals surface area contributed by atoms with Crippen LogP contribution in [0.4, 0.5) is 17.1 Å². The molecule has 3 heteroatoms. The molecule has 0 aliphatic heterocycles. The molecule has 2 aromatic heterocycles. The summed E-state index contributed by atoms with van der Waals surface area (Å²) in [4.78, 5) is 2.40. The fraction of sp³-hybridized carbons (Fsp3) is 0. The molecule has 11 rings (SSSR count). The number of hydrogen-bond donors (Lipinski definition) is 0. The van der Waals surface area contributed by atoms with E-state index >= 15 is 0 Å². The van der Waals surface area contributed by atoms with Gasteiger partial charge in [-0.2, -0.15) is 0 Å². The Bertz CT molecular complexity index is 3170. The standard InChI is InChI=1S/C50H32N2O/c1-2-12-36(13-3-1)52-46-18-8-6-15-42(46)45-32-39(29-30-47(45)52)51(38-28-25-35-22-21-33-11-4-5-14-40(33)44(35)31-38)37-26-23-34(24-27-37)41-17-10-20-49-50(41)43-16-7-9-19-48(43)53-49/h1-32H. The molecule has 0 aliphatic rings. The van der Waals surface area contributed by atoms with Gasteiger partial charge in [-0.15, -0.1) is 0 Å². The van der Waals surface area contributed by atoms with Crippen molar-refractivity contribution in [1.29, 1.82) is 0 Å². The Morgan fingerprint density at radius 1 is 0.377 bits per heavy atom. The van der Waals surface area contributed by atoms with Crippen molar-refractivity contribution >= 4 is 82.4 Å². The van der Waals surface area contributed by atoms with Crippen molar-refractivity contribution in [3.63, 3.8) is 0 Å². The highest BCUT2D eigenvalue weighted by Gasteiger charge is 2.19. The van der Waals surface area contributed by atoms with Crippen molar-refractivity contribution < 1.29 is 4.42 Å². The average molecular weight is 677 g/mol. The van der Waals surface area contributed by atoms with Crippen molar-refractivity contribution in [2.45, 2.75) is 0 Å². The molecule has 0 radical (unpaired) electrons. The number of benzene rings is 9. The lowest BCUT2D eigenvalue weighted by molar-refractivity contribution is 0.669. The van der Waals surface area contributed by atoms with Crippen LogP contribution in [-0.4, -0.2) is 4.57 Å². The highest BCUT2D eigenvalue weighted by atomic mass is 16.3. The molecule has 0 bridgehead atoms. The fourth-order valence-corrected chi connectivity index (χ4v) is 8.34. The number of rotatable bonds is 5. The normalized spacial score (nSPS) is 11.8. The Morgan fingerprint density at radius 3 is 1.83 bits per heavy atom. The number of furan rings is 1.